The summed E-state index contributed by atoms with van der Waals surface area (Å²) in [6, 6.07) is 7.39. The van der Waals surface area contributed by atoms with E-state index in [2.05, 4.69) is 0 Å². The topological polar surface area (TPSA) is 63.3 Å². The number of nitrogen functional groups attached to an aromatic ring is 1. The van der Waals surface area contributed by atoms with E-state index < -0.39 is 11.4 Å². The van der Waals surface area contributed by atoms with E-state index in [1.165, 1.54) is 0 Å². The molecule has 0 unspecified atom stereocenters. The van der Waals surface area contributed by atoms with Crippen molar-refractivity contribution in [2.45, 2.75) is 43.9 Å². The van der Waals surface area contributed by atoms with Gasteiger partial charge in [-0.1, -0.05) is 43.9 Å². The third-order valence-corrected chi connectivity index (χ3v) is 3.84. The van der Waals surface area contributed by atoms with Crippen molar-refractivity contribution >= 4 is 11.7 Å². The first kappa shape index (κ1) is 12.0. The van der Waals surface area contributed by atoms with E-state index in [1.807, 2.05) is 18.2 Å². The zero-order chi connectivity index (χ0) is 12.3. The van der Waals surface area contributed by atoms with Crippen LogP contribution >= 0.6 is 0 Å². The van der Waals surface area contributed by atoms with Crippen molar-refractivity contribution in [1.29, 1.82) is 0 Å². The van der Waals surface area contributed by atoms with Gasteiger partial charge in [0.25, 0.3) is 0 Å². The molecule has 0 bridgehead atoms. The smallest absolute Gasteiger partial charge is 0.314 e. The second kappa shape index (κ2) is 4.78. The number of nitrogens with two attached hydrogens (primary N) is 1. The summed E-state index contributed by atoms with van der Waals surface area (Å²) in [5.41, 5.74) is 6.61. The van der Waals surface area contributed by atoms with E-state index in [4.69, 9.17) is 5.73 Å². The molecule has 0 amide bonds. The highest BCUT2D eigenvalue weighted by molar-refractivity contribution is 5.83. The van der Waals surface area contributed by atoms with Gasteiger partial charge in [0.2, 0.25) is 0 Å². The summed E-state index contributed by atoms with van der Waals surface area (Å²) in [6.45, 7) is 0. The van der Waals surface area contributed by atoms with Crippen LogP contribution in [0.2, 0.25) is 0 Å². The Balaban J connectivity index is 2.46. The lowest BCUT2D eigenvalue weighted by Crippen LogP contribution is -2.36. The maximum absolute atomic E-state index is 11.7. The summed E-state index contributed by atoms with van der Waals surface area (Å²) in [5, 5.41) is 9.64. The standard InChI is InChI=1S/C14H19NO2/c15-12-8-4-3-7-11(12)14(13(16)17)9-5-1-2-6-10-14/h3-4,7-8H,1-2,5-6,9-10,15H2,(H,16,17). The van der Waals surface area contributed by atoms with Crippen molar-refractivity contribution in [3.05, 3.63) is 29.8 Å². The molecule has 0 heterocycles. The van der Waals surface area contributed by atoms with Crippen LogP contribution in [0.5, 0.6) is 0 Å². The molecular formula is C14H19NO2. The fourth-order valence-corrected chi connectivity index (χ4v) is 2.86. The number of hydrogen-bond acceptors (Lipinski definition) is 2. The Hall–Kier alpha value is -1.51. The normalized spacial score (nSPS) is 19.5. The molecule has 2 rings (SSSR count). The van der Waals surface area contributed by atoms with Gasteiger partial charge >= 0.3 is 5.97 Å². The molecule has 0 atom stereocenters. The number of carbonyl (C=O) groups is 1. The van der Waals surface area contributed by atoms with Crippen molar-refractivity contribution < 1.29 is 9.90 Å². The lowest BCUT2D eigenvalue weighted by Gasteiger charge is -2.29. The van der Waals surface area contributed by atoms with E-state index in [-0.39, 0.29) is 0 Å². The highest BCUT2D eigenvalue weighted by Gasteiger charge is 2.41. The number of rotatable bonds is 2. The van der Waals surface area contributed by atoms with E-state index in [1.54, 1.807) is 6.07 Å². The van der Waals surface area contributed by atoms with Gasteiger partial charge in [-0.2, -0.15) is 0 Å². The third-order valence-electron chi connectivity index (χ3n) is 3.84. The monoisotopic (exact) mass is 233 g/mol. The fraction of sp³-hybridized carbons (Fsp3) is 0.500. The molecule has 1 aliphatic rings. The van der Waals surface area contributed by atoms with Crippen molar-refractivity contribution in [3.63, 3.8) is 0 Å². The van der Waals surface area contributed by atoms with Gasteiger partial charge in [0.15, 0.2) is 0 Å². The molecule has 0 aliphatic heterocycles. The Labute approximate surface area is 102 Å². The van der Waals surface area contributed by atoms with Gasteiger partial charge in [0.1, 0.15) is 0 Å². The van der Waals surface area contributed by atoms with Gasteiger partial charge in [-0.05, 0) is 24.5 Å². The minimum atomic E-state index is -0.762. The third kappa shape index (κ3) is 2.14. The molecule has 1 aromatic carbocycles. The molecule has 1 saturated carbocycles. The van der Waals surface area contributed by atoms with E-state index >= 15 is 0 Å². The second-order valence-corrected chi connectivity index (χ2v) is 4.89. The summed E-state index contributed by atoms with van der Waals surface area (Å²) in [5.74, 6) is -0.725. The predicted octanol–water partition coefficient (Wildman–Crippen LogP) is 2.95. The first-order chi connectivity index (χ1) is 8.17. The molecule has 1 fully saturated rings. The highest BCUT2D eigenvalue weighted by atomic mass is 16.4. The first-order valence-corrected chi connectivity index (χ1v) is 6.25. The predicted molar refractivity (Wildman–Crippen MR) is 67.9 cm³/mol. The molecule has 0 radical (unpaired) electrons. The summed E-state index contributed by atoms with van der Waals surface area (Å²) in [6.07, 6.45) is 5.61. The zero-order valence-corrected chi connectivity index (χ0v) is 9.98. The number of carboxylic acid groups (broad SMARTS) is 1. The molecule has 3 nitrogen and oxygen atoms in total. The minimum Gasteiger partial charge on any atom is -0.481 e. The Morgan fingerprint density at radius 1 is 1.12 bits per heavy atom. The van der Waals surface area contributed by atoms with Gasteiger partial charge in [0, 0.05) is 5.69 Å². The molecule has 0 spiro atoms. The number of benzene rings is 1. The second-order valence-electron chi connectivity index (χ2n) is 4.89. The molecule has 1 aliphatic carbocycles. The lowest BCUT2D eigenvalue weighted by molar-refractivity contribution is -0.144. The van der Waals surface area contributed by atoms with Crippen LogP contribution in [0.15, 0.2) is 24.3 Å². The number of hydrogen-bond donors (Lipinski definition) is 2. The van der Waals surface area contributed by atoms with Crippen LogP contribution in [0.4, 0.5) is 5.69 Å². The zero-order valence-electron chi connectivity index (χ0n) is 9.98. The molecule has 17 heavy (non-hydrogen) atoms. The van der Waals surface area contributed by atoms with Gasteiger partial charge in [-0.25, -0.2) is 0 Å². The van der Waals surface area contributed by atoms with Gasteiger partial charge in [-0.3, -0.25) is 4.79 Å². The molecule has 0 saturated heterocycles. The Morgan fingerprint density at radius 2 is 1.71 bits per heavy atom. The Bertz CT molecular complexity index is 406. The maximum atomic E-state index is 11.7. The molecule has 92 valence electrons. The van der Waals surface area contributed by atoms with Crippen molar-refractivity contribution in [2.75, 3.05) is 5.73 Å². The fourth-order valence-electron chi connectivity index (χ4n) is 2.86. The average Bonchev–Trinajstić information content (AvgIpc) is 2.56. The van der Waals surface area contributed by atoms with Crippen LogP contribution in [-0.2, 0) is 10.2 Å². The summed E-state index contributed by atoms with van der Waals surface area (Å²) < 4.78 is 0. The van der Waals surface area contributed by atoms with Gasteiger partial charge in [0.05, 0.1) is 5.41 Å². The molecular weight excluding hydrogens is 214 g/mol. The van der Waals surface area contributed by atoms with E-state index in [0.717, 1.165) is 31.2 Å². The van der Waals surface area contributed by atoms with Crippen LogP contribution in [-0.4, -0.2) is 11.1 Å². The lowest BCUT2D eigenvalue weighted by atomic mass is 9.73. The van der Waals surface area contributed by atoms with E-state index in [9.17, 15) is 9.90 Å². The maximum Gasteiger partial charge on any atom is 0.314 e. The van der Waals surface area contributed by atoms with Gasteiger partial charge < -0.3 is 10.8 Å². The number of carboxylic acids is 1. The van der Waals surface area contributed by atoms with Crippen LogP contribution in [0, 0.1) is 0 Å². The molecule has 1 aromatic rings. The highest BCUT2D eigenvalue weighted by Crippen LogP contribution is 2.40. The quantitative estimate of drug-likeness (QED) is 0.609. The van der Waals surface area contributed by atoms with Crippen LogP contribution in [0.1, 0.15) is 44.1 Å². The SMILES string of the molecule is Nc1ccccc1C1(C(=O)O)CCCCCC1. The largest absolute Gasteiger partial charge is 0.481 e. The number of anilines is 1. The van der Waals surface area contributed by atoms with Crippen LogP contribution in [0.3, 0.4) is 0 Å². The summed E-state index contributed by atoms with van der Waals surface area (Å²) in [7, 11) is 0. The summed E-state index contributed by atoms with van der Waals surface area (Å²) >= 11 is 0. The Kier molecular flexibility index (Phi) is 3.36. The van der Waals surface area contributed by atoms with Crippen molar-refractivity contribution in [2.24, 2.45) is 0 Å². The number of aliphatic carboxylic acids is 1. The van der Waals surface area contributed by atoms with E-state index in [0.29, 0.717) is 18.5 Å². The van der Waals surface area contributed by atoms with Crippen LogP contribution < -0.4 is 5.73 Å². The minimum absolute atomic E-state index is 0.608. The summed E-state index contributed by atoms with van der Waals surface area (Å²) in [4.78, 5) is 11.7. The van der Waals surface area contributed by atoms with Crippen molar-refractivity contribution in [3.8, 4) is 0 Å². The van der Waals surface area contributed by atoms with Crippen LogP contribution in [0.25, 0.3) is 0 Å². The molecule has 3 heteroatoms. The molecule has 0 aromatic heterocycles. The number of para-hydroxylation sites is 1. The van der Waals surface area contributed by atoms with Gasteiger partial charge in [-0.15, -0.1) is 0 Å². The average molecular weight is 233 g/mol. The van der Waals surface area contributed by atoms with Crippen molar-refractivity contribution in [1.82, 2.24) is 0 Å². The molecule has 3 N–H and O–H groups in total. The first-order valence-electron chi connectivity index (χ1n) is 6.25. The Morgan fingerprint density at radius 3 is 2.24 bits per heavy atom.